The minimum absolute atomic E-state index is 0.677. The van der Waals surface area contributed by atoms with Crippen molar-refractivity contribution in [2.75, 3.05) is 6.61 Å². The molecule has 16 heavy (non-hydrogen) atoms. The van der Waals surface area contributed by atoms with Crippen molar-refractivity contribution >= 4 is 8.32 Å². The molecular weight excluding hydrogens is 214 g/mol. The van der Waals surface area contributed by atoms with Gasteiger partial charge in [0.05, 0.1) is 6.07 Å². The first-order valence-corrected chi connectivity index (χ1v) is 9.75. The van der Waals surface area contributed by atoms with Gasteiger partial charge < -0.3 is 4.43 Å². The van der Waals surface area contributed by atoms with Crippen LogP contribution in [0.15, 0.2) is 0 Å². The molecule has 0 N–H and O–H groups in total. The summed E-state index contributed by atoms with van der Waals surface area (Å²) in [5, 5.41) is 8.48. The summed E-state index contributed by atoms with van der Waals surface area (Å²) in [6.45, 7) is 7.68. The van der Waals surface area contributed by atoms with Gasteiger partial charge >= 0.3 is 0 Å². The maximum atomic E-state index is 8.48. The molecule has 0 rings (SSSR count). The van der Waals surface area contributed by atoms with Crippen LogP contribution in [0.3, 0.4) is 0 Å². The van der Waals surface area contributed by atoms with Crippen LogP contribution in [0.5, 0.6) is 0 Å². The highest BCUT2D eigenvalue weighted by Crippen LogP contribution is 2.15. The smallest absolute Gasteiger partial charge is 0.186 e. The first kappa shape index (κ1) is 15.7. The van der Waals surface area contributed by atoms with Crippen LogP contribution in [0.25, 0.3) is 0 Å². The summed E-state index contributed by atoms with van der Waals surface area (Å²) in [5.74, 6) is 0. The Balaban J connectivity index is 3.39. The molecule has 0 aliphatic carbocycles. The molecule has 0 aromatic rings. The van der Waals surface area contributed by atoms with Crippen molar-refractivity contribution in [2.45, 2.75) is 71.0 Å². The van der Waals surface area contributed by atoms with Gasteiger partial charge in [-0.2, -0.15) is 5.26 Å². The average molecular weight is 241 g/mol. The first-order valence-electron chi connectivity index (χ1n) is 6.63. The minimum Gasteiger partial charge on any atom is -0.417 e. The van der Waals surface area contributed by atoms with Gasteiger partial charge in [-0.1, -0.05) is 32.6 Å². The summed E-state index contributed by atoms with van der Waals surface area (Å²) < 4.78 is 5.99. The molecule has 0 atom stereocenters. The Morgan fingerprint density at radius 3 is 2.38 bits per heavy atom. The Labute approximate surface area is 102 Å². The molecular formula is C13H27NOSi. The van der Waals surface area contributed by atoms with Crippen molar-refractivity contribution in [2.24, 2.45) is 0 Å². The third-order valence-corrected chi connectivity index (χ3v) is 5.35. The lowest BCUT2D eigenvalue weighted by molar-refractivity contribution is 0.293. The van der Waals surface area contributed by atoms with E-state index in [0.29, 0.717) is 6.42 Å². The van der Waals surface area contributed by atoms with Crippen molar-refractivity contribution in [3.63, 3.8) is 0 Å². The summed E-state index contributed by atoms with van der Waals surface area (Å²) in [4.78, 5) is 0. The number of rotatable bonds is 10. The fourth-order valence-electron chi connectivity index (χ4n) is 1.72. The van der Waals surface area contributed by atoms with Crippen molar-refractivity contribution in [3.05, 3.63) is 0 Å². The molecule has 0 radical (unpaired) electrons. The van der Waals surface area contributed by atoms with E-state index in [0.717, 1.165) is 19.1 Å². The number of nitriles is 1. The van der Waals surface area contributed by atoms with Crippen LogP contribution in [0.1, 0.15) is 51.9 Å². The van der Waals surface area contributed by atoms with Crippen molar-refractivity contribution < 1.29 is 4.43 Å². The highest BCUT2D eigenvalue weighted by Gasteiger charge is 2.21. The van der Waals surface area contributed by atoms with E-state index in [4.69, 9.17) is 9.69 Å². The van der Waals surface area contributed by atoms with E-state index in [1.807, 2.05) is 0 Å². The Morgan fingerprint density at radius 1 is 1.06 bits per heavy atom. The highest BCUT2D eigenvalue weighted by molar-refractivity contribution is 6.71. The fourth-order valence-corrected chi connectivity index (χ4v) is 3.59. The number of nitrogens with zero attached hydrogens (tertiary/aromatic N) is 1. The van der Waals surface area contributed by atoms with Gasteiger partial charge in [0.2, 0.25) is 0 Å². The van der Waals surface area contributed by atoms with Crippen LogP contribution in [0, 0.1) is 11.3 Å². The van der Waals surface area contributed by atoms with Gasteiger partial charge in [0, 0.05) is 13.0 Å². The molecule has 3 heteroatoms. The summed E-state index contributed by atoms with van der Waals surface area (Å²) in [6.07, 6.45) is 8.18. The Hall–Kier alpha value is -0.333. The lowest BCUT2D eigenvalue weighted by Crippen LogP contribution is -2.30. The maximum Gasteiger partial charge on any atom is 0.186 e. The van der Waals surface area contributed by atoms with Gasteiger partial charge in [0.15, 0.2) is 8.32 Å². The first-order chi connectivity index (χ1) is 7.62. The van der Waals surface area contributed by atoms with Crippen molar-refractivity contribution in [3.8, 4) is 6.07 Å². The molecule has 0 spiro atoms. The fraction of sp³-hybridized carbons (Fsp3) is 0.923. The van der Waals surface area contributed by atoms with Gasteiger partial charge in [-0.25, -0.2) is 0 Å². The Kier molecular flexibility index (Phi) is 9.66. The van der Waals surface area contributed by atoms with E-state index >= 15 is 0 Å². The molecule has 0 bridgehead atoms. The monoisotopic (exact) mass is 241 g/mol. The second-order valence-corrected chi connectivity index (χ2v) is 9.34. The lowest BCUT2D eigenvalue weighted by atomic mass is 10.2. The third kappa shape index (κ3) is 10.2. The standard InChI is InChI=1S/C13H27NOSi/c1-4-5-6-7-9-12-15-16(2,3)13-10-8-11-14/h4-10,12-13H2,1-3H3. The molecule has 94 valence electrons. The molecule has 0 heterocycles. The van der Waals surface area contributed by atoms with Gasteiger partial charge in [0.25, 0.3) is 0 Å². The summed E-state index contributed by atoms with van der Waals surface area (Å²) in [6, 6.07) is 3.32. The quantitative estimate of drug-likeness (QED) is 0.417. The van der Waals surface area contributed by atoms with E-state index in [1.165, 1.54) is 32.1 Å². The molecule has 0 aliphatic heterocycles. The summed E-state index contributed by atoms with van der Waals surface area (Å²) in [7, 11) is -1.46. The molecule has 0 aromatic heterocycles. The zero-order valence-electron chi connectivity index (χ0n) is 11.2. The van der Waals surface area contributed by atoms with E-state index in [-0.39, 0.29) is 0 Å². The van der Waals surface area contributed by atoms with Gasteiger partial charge in [0.1, 0.15) is 0 Å². The van der Waals surface area contributed by atoms with Gasteiger partial charge in [-0.05, 0) is 32.0 Å². The molecule has 2 nitrogen and oxygen atoms in total. The third-order valence-electron chi connectivity index (χ3n) is 2.81. The number of unbranched alkanes of at least 4 members (excludes halogenated alkanes) is 5. The number of hydrogen-bond acceptors (Lipinski definition) is 2. The van der Waals surface area contributed by atoms with Crippen LogP contribution in [0.2, 0.25) is 19.1 Å². The van der Waals surface area contributed by atoms with E-state index in [1.54, 1.807) is 0 Å². The van der Waals surface area contributed by atoms with Crippen LogP contribution in [-0.4, -0.2) is 14.9 Å². The normalized spacial score (nSPS) is 11.4. The maximum absolute atomic E-state index is 8.48. The second-order valence-electron chi connectivity index (χ2n) is 5.03. The summed E-state index contributed by atoms with van der Waals surface area (Å²) in [5.41, 5.74) is 0. The predicted octanol–water partition coefficient (Wildman–Crippen LogP) is 4.48. The Morgan fingerprint density at radius 2 is 1.75 bits per heavy atom. The lowest BCUT2D eigenvalue weighted by Gasteiger charge is -2.22. The van der Waals surface area contributed by atoms with Crippen LogP contribution >= 0.6 is 0 Å². The van der Waals surface area contributed by atoms with E-state index < -0.39 is 8.32 Å². The van der Waals surface area contributed by atoms with Gasteiger partial charge in [-0.3, -0.25) is 0 Å². The van der Waals surface area contributed by atoms with Gasteiger partial charge in [-0.15, -0.1) is 0 Å². The molecule has 0 aliphatic rings. The molecule has 0 fully saturated rings. The zero-order valence-corrected chi connectivity index (χ0v) is 12.2. The van der Waals surface area contributed by atoms with Crippen LogP contribution < -0.4 is 0 Å². The van der Waals surface area contributed by atoms with Crippen molar-refractivity contribution in [1.82, 2.24) is 0 Å². The largest absolute Gasteiger partial charge is 0.417 e. The van der Waals surface area contributed by atoms with Crippen LogP contribution in [-0.2, 0) is 4.43 Å². The van der Waals surface area contributed by atoms with Crippen LogP contribution in [0.4, 0.5) is 0 Å². The Bertz CT molecular complexity index is 199. The zero-order chi connectivity index (χ0) is 12.3. The highest BCUT2D eigenvalue weighted by atomic mass is 28.4. The van der Waals surface area contributed by atoms with E-state index in [2.05, 4.69) is 26.1 Å². The molecule has 0 unspecified atom stereocenters. The molecule has 0 amide bonds. The molecule has 0 saturated carbocycles. The molecule has 0 saturated heterocycles. The van der Waals surface area contributed by atoms with E-state index in [9.17, 15) is 0 Å². The average Bonchev–Trinajstić information content (AvgIpc) is 2.23. The van der Waals surface area contributed by atoms with Crippen molar-refractivity contribution in [1.29, 1.82) is 5.26 Å². The topological polar surface area (TPSA) is 33.0 Å². The molecule has 0 aromatic carbocycles. The summed E-state index contributed by atoms with van der Waals surface area (Å²) >= 11 is 0. The SMILES string of the molecule is CCCCCCCO[Si](C)(C)CCCC#N. The predicted molar refractivity (Wildman–Crippen MR) is 71.8 cm³/mol. The minimum atomic E-state index is -1.46. The second kappa shape index (κ2) is 9.86. The number of hydrogen-bond donors (Lipinski definition) is 0.